The molecular formula is C16H30N2O3. The Labute approximate surface area is 128 Å². The predicted molar refractivity (Wildman–Crippen MR) is 82.1 cm³/mol. The third-order valence-electron chi connectivity index (χ3n) is 3.98. The Bertz CT molecular complexity index is 317. The molecule has 2 unspecified atom stereocenters. The number of hydrogen-bond acceptors (Lipinski definition) is 5. The monoisotopic (exact) mass is 298 g/mol. The van der Waals surface area contributed by atoms with Gasteiger partial charge in [0.15, 0.2) is 0 Å². The first kappa shape index (κ1) is 18.4. The number of rotatable bonds is 11. The van der Waals surface area contributed by atoms with Gasteiger partial charge in [-0.3, -0.25) is 5.32 Å². The number of ether oxygens (including phenoxy) is 3. The summed E-state index contributed by atoms with van der Waals surface area (Å²) in [5.74, 6) is 0.388. The molecule has 1 rings (SSSR count). The minimum atomic E-state index is -0.355. The van der Waals surface area contributed by atoms with Gasteiger partial charge in [-0.1, -0.05) is 6.42 Å². The SMILES string of the molecule is COCCOCCOCCC1CCCC1(C#N)NC(C)C. The summed E-state index contributed by atoms with van der Waals surface area (Å²) in [7, 11) is 1.66. The molecule has 21 heavy (non-hydrogen) atoms. The first-order valence-corrected chi connectivity index (χ1v) is 7.98. The van der Waals surface area contributed by atoms with E-state index >= 15 is 0 Å². The molecule has 0 aliphatic heterocycles. The maximum absolute atomic E-state index is 9.57. The maximum atomic E-state index is 9.57. The number of hydrogen-bond donors (Lipinski definition) is 1. The lowest BCUT2D eigenvalue weighted by atomic mass is 9.85. The number of methoxy groups -OCH3 is 1. The van der Waals surface area contributed by atoms with Gasteiger partial charge in [-0.2, -0.15) is 5.26 Å². The third-order valence-corrected chi connectivity index (χ3v) is 3.98. The van der Waals surface area contributed by atoms with Crippen LogP contribution in [0.1, 0.15) is 39.5 Å². The van der Waals surface area contributed by atoms with Gasteiger partial charge in [-0.05, 0) is 39.0 Å². The topological polar surface area (TPSA) is 63.5 Å². The summed E-state index contributed by atoms with van der Waals surface area (Å²) < 4.78 is 15.9. The summed E-state index contributed by atoms with van der Waals surface area (Å²) in [6.45, 7) is 7.33. The molecule has 0 aromatic heterocycles. The Balaban J connectivity index is 2.20. The molecule has 2 atom stereocenters. The summed E-state index contributed by atoms with van der Waals surface area (Å²) in [6, 6.07) is 2.86. The van der Waals surface area contributed by atoms with Crippen LogP contribution in [0.15, 0.2) is 0 Å². The molecule has 0 spiro atoms. The summed E-state index contributed by atoms with van der Waals surface area (Å²) >= 11 is 0. The third kappa shape index (κ3) is 6.31. The quantitative estimate of drug-likeness (QED) is 0.592. The summed E-state index contributed by atoms with van der Waals surface area (Å²) in [5, 5.41) is 13.0. The van der Waals surface area contributed by atoms with Crippen LogP contribution in [-0.4, -0.2) is 51.7 Å². The van der Waals surface area contributed by atoms with Gasteiger partial charge in [0.05, 0.1) is 32.5 Å². The van der Waals surface area contributed by atoms with Crippen molar-refractivity contribution in [3.05, 3.63) is 0 Å². The first-order valence-electron chi connectivity index (χ1n) is 7.98. The van der Waals surface area contributed by atoms with Crippen molar-refractivity contribution in [1.29, 1.82) is 5.26 Å². The summed E-state index contributed by atoms with van der Waals surface area (Å²) in [5.41, 5.74) is -0.355. The van der Waals surface area contributed by atoms with Crippen LogP contribution in [0.4, 0.5) is 0 Å². The molecule has 0 aromatic rings. The minimum absolute atomic E-state index is 0.334. The molecule has 5 nitrogen and oxygen atoms in total. The fourth-order valence-corrected chi connectivity index (χ4v) is 3.04. The Morgan fingerprint density at radius 1 is 1.19 bits per heavy atom. The lowest BCUT2D eigenvalue weighted by Crippen LogP contribution is -2.50. The molecule has 0 radical (unpaired) electrons. The van der Waals surface area contributed by atoms with Crippen molar-refractivity contribution in [1.82, 2.24) is 5.32 Å². The largest absolute Gasteiger partial charge is 0.382 e. The minimum Gasteiger partial charge on any atom is -0.382 e. The zero-order valence-corrected chi connectivity index (χ0v) is 13.7. The van der Waals surface area contributed by atoms with Gasteiger partial charge < -0.3 is 14.2 Å². The lowest BCUT2D eigenvalue weighted by Gasteiger charge is -2.32. The maximum Gasteiger partial charge on any atom is 0.109 e. The van der Waals surface area contributed by atoms with E-state index in [4.69, 9.17) is 14.2 Å². The first-order chi connectivity index (χ1) is 10.1. The van der Waals surface area contributed by atoms with E-state index in [-0.39, 0.29) is 5.54 Å². The van der Waals surface area contributed by atoms with E-state index in [0.717, 1.165) is 25.7 Å². The standard InChI is InChI=1S/C16H30N2O3/c1-14(2)18-16(13-17)7-4-5-15(16)6-8-20-11-12-21-10-9-19-3/h14-15,18H,4-12H2,1-3H3. The molecule has 0 heterocycles. The summed E-state index contributed by atoms with van der Waals surface area (Å²) in [4.78, 5) is 0. The van der Waals surface area contributed by atoms with E-state index < -0.39 is 0 Å². The van der Waals surface area contributed by atoms with Crippen LogP contribution in [0.5, 0.6) is 0 Å². The van der Waals surface area contributed by atoms with E-state index in [2.05, 4.69) is 25.2 Å². The molecule has 1 N–H and O–H groups in total. The van der Waals surface area contributed by atoms with Crippen LogP contribution in [0.2, 0.25) is 0 Å². The van der Waals surface area contributed by atoms with Crippen molar-refractivity contribution in [3.8, 4) is 6.07 Å². The molecule has 0 amide bonds. The Hall–Kier alpha value is -0.670. The highest BCUT2D eigenvalue weighted by Gasteiger charge is 2.42. The highest BCUT2D eigenvalue weighted by atomic mass is 16.5. The normalized spacial score (nSPS) is 25.4. The van der Waals surface area contributed by atoms with Crippen molar-refractivity contribution in [2.75, 3.05) is 40.1 Å². The van der Waals surface area contributed by atoms with Crippen LogP contribution in [0, 0.1) is 17.2 Å². The van der Waals surface area contributed by atoms with Crippen LogP contribution >= 0.6 is 0 Å². The Morgan fingerprint density at radius 2 is 1.86 bits per heavy atom. The van der Waals surface area contributed by atoms with Crippen molar-refractivity contribution in [2.24, 2.45) is 5.92 Å². The van der Waals surface area contributed by atoms with Crippen molar-refractivity contribution in [3.63, 3.8) is 0 Å². The number of nitriles is 1. The molecule has 1 aliphatic rings. The van der Waals surface area contributed by atoms with E-state index in [1.807, 2.05) is 0 Å². The zero-order valence-electron chi connectivity index (χ0n) is 13.7. The van der Waals surface area contributed by atoms with Crippen molar-refractivity contribution in [2.45, 2.75) is 51.1 Å². The fourth-order valence-electron chi connectivity index (χ4n) is 3.04. The molecule has 0 bridgehead atoms. The van der Waals surface area contributed by atoms with E-state index in [1.165, 1.54) is 0 Å². The van der Waals surface area contributed by atoms with E-state index in [9.17, 15) is 5.26 Å². The molecule has 1 saturated carbocycles. The van der Waals surface area contributed by atoms with Gasteiger partial charge in [0.2, 0.25) is 0 Å². The second kappa shape index (κ2) is 10.1. The highest BCUT2D eigenvalue weighted by molar-refractivity contribution is 5.14. The molecule has 5 heteroatoms. The van der Waals surface area contributed by atoms with Gasteiger partial charge in [0.1, 0.15) is 5.54 Å². The second-order valence-corrected chi connectivity index (χ2v) is 5.98. The van der Waals surface area contributed by atoms with Crippen molar-refractivity contribution < 1.29 is 14.2 Å². The lowest BCUT2D eigenvalue weighted by molar-refractivity contribution is 0.0204. The van der Waals surface area contributed by atoms with Crippen LogP contribution in [-0.2, 0) is 14.2 Å². The Morgan fingerprint density at radius 3 is 2.48 bits per heavy atom. The van der Waals surface area contributed by atoms with Crippen LogP contribution in [0.25, 0.3) is 0 Å². The van der Waals surface area contributed by atoms with Crippen LogP contribution < -0.4 is 5.32 Å². The highest BCUT2D eigenvalue weighted by Crippen LogP contribution is 2.37. The second-order valence-electron chi connectivity index (χ2n) is 5.98. The predicted octanol–water partition coefficient (Wildman–Crippen LogP) is 2.12. The zero-order chi connectivity index (χ0) is 15.6. The summed E-state index contributed by atoms with van der Waals surface area (Å²) in [6.07, 6.45) is 4.12. The smallest absolute Gasteiger partial charge is 0.109 e. The van der Waals surface area contributed by atoms with Crippen LogP contribution in [0.3, 0.4) is 0 Å². The molecule has 1 aliphatic carbocycles. The number of nitrogens with zero attached hydrogens (tertiary/aromatic N) is 1. The average Bonchev–Trinajstić information content (AvgIpc) is 2.84. The molecule has 122 valence electrons. The van der Waals surface area contributed by atoms with E-state index in [1.54, 1.807) is 7.11 Å². The Kier molecular flexibility index (Phi) is 8.86. The van der Waals surface area contributed by atoms with E-state index in [0.29, 0.717) is 45.0 Å². The van der Waals surface area contributed by atoms with Crippen molar-refractivity contribution >= 4 is 0 Å². The molecular weight excluding hydrogens is 268 g/mol. The van der Waals surface area contributed by atoms with Gasteiger partial charge in [0, 0.05) is 19.8 Å². The fraction of sp³-hybridized carbons (Fsp3) is 0.938. The van der Waals surface area contributed by atoms with Gasteiger partial charge in [0.25, 0.3) is 0 Å². The number of nitrogens with one attached hydrogen (secondary N) is 1. The van der Waals surface area contributed by atoms with Gasteiger partial charge in [-0.25, -0.2) is 0 Å². The van der Waals surface area contributed by atoms with Gasteiger partial charge >= 0.3 is 0 Å². The molecule has 1 fully saturated rings. The average molecular weight is 298 g/mol. The molecule has 0 aromatic carbocycles. The molecule has 0 saturated heterocycles. The van der Waals surface area contributed by atoms with Gasteiger partial charge in [-0.15, -0.1) is 0 Å².